The van der Waals surface area contributed by atoms with Crippen LogP contribution in [0, 0.1) is 17.5 Å². The molecule has 14 heteroatoms. The van der Waals surface area contributed by atoms with Crippen molar-refractivity contribution in [1.82, 2.24) is 19.5 Å². The summed E-state index contributed by atoms with van der Waals surface area (Å²) in [5, 5.41) is 12.8. The van der Waals surface area contributed by atoms with Gasteiger partial charge in [0.25, 0.3) is 11.8 Å². The Morgan fingerprint density at radius 1 is 1.20 bits per heavy atom. The number of benzene rings is 1. The monoisotopic (exact) mass is 514 g/mol. The standard InChI is InChI=1S/C21H21F3N4O6S/c1-3-27-8-10-6-12(26-35(2,33)34)16-13(18(29)19(30)17(21(27)32)28(10)16)20(31)25-7-9-4-5-11(22)15(24)14(9)23/h4-5,10,12,26,30H,3,6-8H2,1-2H3,(H,25,31)/t10-,12+/m1/s1. The summed E-state index contributed by atoms with van der Waals surface area (Å²) in [6.07, 6.45) is 0.976. The van der Waals surface area contributed by atoms with Gasteiger partial charge in [0.1, 0.15) is 5.56 Å². The lowest BCUT2D eigenvalue weighted by Gasteiger charge is -2.33. The summed E-state index contributed by atoms with van der Waals surface area (Å²) in [4.78, 5) is 40.4. The highest BCUT2D eigenvalue weighted by molar-refractivity contribution is 7.88. The molecule has 0 radical (unpaired) electrons. The number of aromatic nitrogens is 1. The van der Waals surface area contributed by atoms with Crippen LogP contribution in [0.2, 0.25) is 0 Å². The predicted octanol–water partition coefficient (Wildman–Crippen LogP) is 0.912. The number of hydrogen-bond acceptors (Lipinski definition) is 6. The van der Waals surface area contributed by atoms with Crippen LogP contribution < -0.4 is 15.5 Å². The van der Waals surface area contributed by atoms with Crippen LogP contribution in [0.15, 0.2) is 16.9 Å². The first-order chi connectivity index (χ1) is 16.4. The molecule has 35 heavy (non-hydrogen) atoms. The number of pyridine rings is 1. The Morgan fingerprint density at radius 2 is 1.89 bits per heavy atom. The molecule has 188 valence electrons. The lowest BCUT2D eigenvalue weighted by Crippen LogP contribution is -2.44. The maximum atomic E-state index is 14.0. The fraction of sp³-hybridized carbons (Fsp3) is 0.381. The molecule has 0 bridgehead atoms. The fourth-order valence-corrected chi connectivity index (χ4v) is 5.30. The average molecular weight is 514 g/mol. The summed E-state index contributed by atoms with van der Waals surface area (Å²) in [7, 11) is -3.83. The first-order valence-corrected chi connectivity index (χ1v) is 12.4. The molecular formula is C21H21F3N4O6S. The Labute approximate surface area is 197 Å². The molecular weight excluding hydrogens is 493 g/mol. The summed E-state index contributed by atoms with van der Waals surface area (Å²) in [5.41, 5.74) is -2.75. The number of nitrogens with one attached hydrogen (secondary N) is 2. The lowest BCUT2D eigenvalue weighted by atomic mass is 10.0. The number of sulfonamides is 1. The van der Waals surface area contributed by atoms with Crippen LogP contribution in [-0.2, 0) is 16.6 Å². The maximum absolute atomic E-state index is 14.0. The Balaban J connectivity index is 1.82. The van der Waals surface area contributed by atoms with E-state index in [4.69, 9.17) is 0 Å². The predicted molar refractivity (Wildman–Crippen MR) is 116 cm³/mol. The van der Waals surface area contributed by atoms with Crippen LogP contribution in [0.5, 0.6) is 5.75 Å². The maximum Gasteiger partial charge on any atom is 0.274 e. The number of likely N-dealkylation sites (N-methyl/N-ethyl adjacent to an activating group) is 1. The minimum Gasteiger partial charge on any atom is -0.503 e. The molecule has 4 rings (SSSR count). The third-order valence-corrected chi connectivity index (χ3v) is 6.78. The van der Waals surface area contributed by atoms with Crippen LogP contribution in [-0.4, -0.2) is 54.2 Å². The van der Waals surface area contributed by atoms with Crippen molar-refractivity contribution in [2.24, 2.45) is 0 Å². The number of aromatic hydroxyl groups is 1. The largest absolute Gasteiger partial charge is 0.503 e. The van der Waals surface area contributed by atoms with E-state index in [0.717, 1.165) is 12.3 Å². The van der Waals surface area contributed by atoms with Gasteiger partial charge in [-0.1, -0.05) is 6.07 Å². The second-order valence-electron chi connectivity index (χ2n) is 8.35. The SMILES string of the molecule is CCN1C[C@H]2C[C@H](NS(C)(=O)=O)c3c(C(=O)NCc4ccc(F)c(F)c4F)c(=O)c(O)c(n32)C1=O. The van der Waals surface area contributed by atoms with E-state index in [0.29, 0.717) is 6.07 Å². The molecule has 0 unspecified atom stereocenters. The summed E-state index contributed by atoms with van der Waals surface area (Å²) in [5.74, 6) is -7.44. The summed E-state index contributed by atoms with van der Waals surface area (Å²) < 4.78 is 68.3. The number of nitrogens with zero attached hydrogens (tertiary/aromatic N) is 2. The molecule has 3 heterocycles. The Morgan fingerprint density at radius 3 is 2.51 bits per heavy atom. The van der Waals surface area contributed by atoms with Gasteiger partial charge in [0, 0.05) is 25.2 Å². The van der Waals surface area contributed by atoms with Crippen LogP contribution in [0.4, 0.5) is 13.2 Å². The summed E-state index contributed by atoms with van der Waals surface area (Å²) in [6.45, 7) is 1.48. The number of carbonyl (C=O) groups is 2. The third kappa shape index (κ3) is 4.16. The number of rotatable bonds is 6. The van der Waals surface area contributed by atoms with E-state index in [2.05, 4.69) is 10.0 Å². The van der Waals surface area contributed by atoms with Gasteiger partial charge in [-0.05, 0) is 19.4 Å². The molecule has 1 aromatic carbocycles. The van der Waals surface area contributed by atoms with Gasteiger partial charge in [-0.3, -0.25) is 14.4 Å². The van der Waals surface area contributed by atoms with Crippen LogP contribution in [0.1, 0.15) is 57.5 Å². The molecule has 3 N–H and O–H groups in total. The van der Waals surface area contributed by atoms with Crippen molar-refractivity contribution < 1.29 is 36.3 Å². The summed E-state index contributed by atoms with van der Waals surface area (Å²) in [6, 6.07) is -0.0429. The molecule has 2 atom stereocenters. The van der Waals surface area contributed by atoms with Crippen molar-refractivity contribution in [1.29, 1.82) is 0 Å². The normalized spacial score (nSPS) is 19.1. The summed E-state index contributed by atoms with van der Waals surface area (Å²) >= 11 is 0. The number of hydrogen-bond donors (Lipinski definition) is 3. The smallest absolute Gasteiger partial charge is 0.274 e. The van der Waals surface area contributed by atoms with E-state index in [-0.39, 0.29) is 30.9 Å². The molecule has 0 spiro atoms. The minimum atomic E-state index is -3.83. The molecule has 1 aromatic heterocycles. The number of amides is 2. The van der Waals surface area contributed by atoms with Gasteiger partial charge < -0.3 is 19.9 Å². The van der Waals surface area contributed by atoms with Crippen molar-refractivity contribution in [2.45, 2.75) is 32.0 Å². The lowest BCUT2D eigenvalue weighted by molar-refractivity contribution is 0.0675. The van der Waals surface area contributed by atoms with Crippen LogP contribution in [0.25, 0.3) is 0 Å². The van der Waals surface area contributed by atoms with Crippen LogP contribution in [0.3, 0.4) is 0 Å². The van der Waals surface area contributed by atoms with Gasteiger partial charge in [0.2, 0.25) is 15.5 Å². The minimum absolute atomic E-state index is 0.0881. The van der Waals surface area contributed by atoms with Crippen LogP contribution >= 0.6 is 0 Å². The van der Waals surface area contributed by atoms with E-state index in [1.165, 1.54) is 9.47 Å². The van der Waals surface area contributed by atoms with Gasteiger partial charge in [0.15, 0.2) is 28.9 Å². The average Bonchev–Trinajstić information content (AvgIpc) is 3.11. The highest BCUT2D eigenvalue weighted by atomic mass is 32.2. The molecule has 2 aliphatic heterocycles. The zero-order valence-corrected chi connectivity index (χ0v) is 19.4. The number of halogens is 3. The Kier molecular flexibility index (Phi) is 6.13. The van der Waals surface area contributed by atoms with Crippen molar-refractivity contribution in [3.63, 3.8) is 0 Å². The fourth-order valence-electron chi connectivity index (χ4n) is 4.58. The molecule has 2 aliphatic rings. The quantitative estimate of drug-likeness (QED) is 0.490. The zero-order chi connectivity index (χ0) is 25.8. The molecule has 10 nitrogen and oxygen atoms in total. The van der Waals surface area contributed by atoms with Crippen molar-refractivity contribution in [3.8, 4) is 5.75 Å². The Bertz CT molecular complexity index is 1430. The second-order valence-corrected chi connectivity index (χ2v) is 10.1. The van der Waals surface area contributed by atoms with E-state index >= 15 is 0 Å². The first kappa shape index (κ1) is 24.7. The molecule has 0 fully saturated rings. The van der Waals surface area contributed by atoms with Crippen molar-refractivity contribution in [2.75, 3.05) is 19.3 Å². The van der Waals surface area contributed by atoms with Gasteiger partial charge in [-0.15, -0.1) is 0 Å². The van der Waals surface area contributed by atoms with E-state index in [1.807, 2.05) is 0 Å². The van der Waals surface area contributed by atoms with Gasteiger partial charge >= 0.3 is 0 Å². The van der Waals surface area contributed by atoms with E-state index in [1.54, 1.807) is 6.92 Å². The second kappa shape index (κ2) is 8.68. The molecule has 2 amide bonds. The van der Waals surface area contributed by atoms with Crippen molar-refractivity contribution >= 4 is 21.8 Å². The van der Waals surface area contributed by atoms with Crippen molar-refractivity contribution in [3.05, 3.63) is 62.3 Å². The molecule has 0 saturated carbocycles. The number of carbonyl (C=O) groups excluding carboxylic acids is 2. The van der Waals surface area contributed by atoms with E-state index < -0.39 is 80.2 Å². The first-order valence-electron chi connectivity index (χ1n) is 10.5. The topological polar surface area (TPSA) is 138 Å². The third-order valence-electron chi connectivity index (χ3n) is 6.07. The van der Waals surface area contributed by atoms with Gasteiger partial charge in [-0.2, -0.15) is 0 Å². The van der Waals surface area contributed by atoms with E-state index in [9.17, 15) is 41.1 Å². The highest BCUT2D eigenvalue weighted by Crippen LogP contribution is 2.42. The van der Waals surface area contributed by atoms with Gasteiger partial charge in [-0.25, -0.2) is 26.3 Å². The zero-order valence-electron chi connectivity index (χ0n) is 18.6. The molecule has 2 aromatic rings. The van der Waals surface area contributed by atoms with Gasteiger partial charge in [0.05, 0.1) is 24.0 Å². The molecule has 0 saturated heterocycles. The Hall–Kier alpha value is -3.39. The molecule has 0 aliphatic carbocycles. The highest BCUT2D eigenvalue weighted by Gasteiger charge is 2.45.